The van der Waals surface area contributed by atoms with Gasteiger partial charge >= 0.3 is 0 Å². The van der Waals surface area contributed by atoms with Crippen LogP contribution >= 0.6 is 0 Å². The molecule has 2 atom stereocenters. The Hall–Kier alpha value is -1.75. The number of benzene rings is 1. The van der Waals surface area contributed by atoms with Gasteiger partial charge in [0.2, 0.25) is 5.91 Å². The van der Waals surface area contributed by atoms with E-state index >= 15 is 0 Å². The fourth-order valence-electron chi connectivity index (χ4n) is 2.58. The Morgan fingerprint density at radius 3 is 2.68 bits per heavy atom. The molecule has 1 aromatic rings. The molecular weight excluding hydrogens is 244 g/mol. The molecule has 0 radical (unpaired) electrons. The van der Waals surface area contributed by atoms with Crippen molar-refractivity contribution in [3.8, 4) is 11.5 Å². The van der Waals surface area contributed by atoms with Crippen LogP contribution in [0.3, 0.4) is 0 Å². The van der Waals surface area contributed by atoms with Gasteiger partial charge in [-0.05, 0) is 24.6 Å². The summed E-state index contributed by atoms with van der Waals surface area (Å²) in [7, 11) is 5.01. The molecule has 1 fully saturated rings. The highest BCUT2D eigenvalue weighted by molar-refractivity contribution is 5.77. The molecule has 1 saturated heterocycles. The van der Waals surface area contributed by atoms with Gasteiger partial charge < -0.3 is 20.1 Å². The molecule has 104 valence electrons. The maximum atomic E-state index is 11.9. The summed E-state index contributed by atoms with van der Waals surface area (Å²) in [5.74, 6) is 1.56. The molecule has 0 bridgehead atoms. The predicted molar refractivity (Wildman–Crippen MR) is 72.3 cm³/mol. The number of nitrogens with two attached hydrogens (primary N) is 1. The average Bonchev–Trinajstić information content (AvgIpc) is 2.43. The standard InChI is InChI=1S/C14H20N2O3/c1-16-13(17)7-5-11(15)14(16)10-8-9(18-2)4-6-12(10)19-3/h4,6,8,11,14H,5,7,15H2,1-3H3. The fourth-order valence-corrected chi connectivity index (χ4v) is 2.58. The lowest BCUT2D eigenvalue weighted by molar-refractivity contribution is -0.135. The molecular formula is C14H20N2O3. The number of nitrogens with zero attached hydrogens (tertiary/aromatic N) is 1. The zero-order valence-electron chi connectivity index (χ0n) is 11.6. The van der Waals surface area contributed by atoms with Crippen LogP contribution in [-0.4, -0.2) is 38.1 Å². The van der Waals surface area contributed by atoms with E-state index < -0.39 is 0 Å². The molecule has 1 aliphatic rings. The van der Waals surface area contributed by atoms with Gasteiger partial charge in [-0.25, -0.2) is 0 Å². The van der Waals surface area contributed by atoms with Gasteiger partial charge in [0.1, 0.15) is 11.5 Å². The monoisotopic (exact) mass is 264 g/mol. The second-order valence-electron chi connectivity index (χ2n) is 4.76. The van der Waals surface area contributed by atoms with E-state index in [4.69, 9.17) is 15.2 Å². The Morgan fingerprint density at radius 2 is 2.05 bits per heavy atom. The molecule has 19 heavy (non-hydrogen) atoms. The third-order valence-corrected chi connectivity index (χ3v) is 3.66. The summed E-state index contributed by atoms with van der Waals surface area (Å²) in [6.07, 6.45) is 1.19. The Morgan fingerprint density at radius 1 is 1.32 bits per heavy atom. The lowest BCUT2D eigenvalue weighted by Crippen LogP contribution is -2.46. The number of rotatable bonds is 3. The summed E-state index contributed by atoms with van der Waals surface area (Å²) in [6, 6.07) is 5.29. The lowest BCUT2D eigenvalue weighted by atomic mass is 9.90. The first kappa shape index (κ1) is 13.7. The molecule has 2 N–H and O–H groups in total. The van der Waals surface area contributed by atoms with Crippen molar-refractivity contribution in [3.63, 3.8) is 0 Å². The molecule has 1 amide bonds. The number of methoxy groups -OCH3 is 2. The fraction of sp³-hybridized carbons (Fsp3) is 0.500. The number of amides is 1. The highest BCUT2D eigenvalue weighted by Gasteiger charge is 2.34. The van der Waals surface area contributed by atoms with Crippen LogP contribution in [0.25, 0.3) is 0 Å². The van der Waals surface area contributed by atoms with E-state index in [1.54, 1.807) is 26.2 Å². The molecule has 5 heteroatoms. The number of likely N-dealkylation sites (tertiary alicyclic amines) is 1. The topological polar surface area (TPSA) is 64.8 Å². The normalized spacial score (nSPS) is 23.4. The van der Waals surface area contributed by atoms with Crippen molar-refractivity contribution < 1.29 is 14.3 Å². The summed E-state index contributed by atoms with van der Waals surface area (Å²) < 4.78 is 10.6. The molecule has 1 aromatic carbocycles. The van der Waals surface area contributed by atoms with Gasteiger partial charge in [-0.2, -0.15) is 0 Å². The van der Waals surface area contributed by atoms with Gasteiger partial charge in [-0.3, -0.25) is 4.79 Å². The summed E-state index contributed by atoms with van der Waals surface area (Å²) in [5.41, 5.74) is 7.08. The Bertz CT molecular complexity index is 476. The highest BCUT2D eigenvalue weighted by atomic mass is 16.5. The molecule has 5 nitrogen and oxygen atoms in total. The minimum absolute atomic E-state index is 0.0938. The number of carbonyl (C=O) groups is 1. The predicted octanol–water partition coefficient (Wildman–Crippen LogP) is 1.32. The van der Waals surface area contributed by atoms with Crippen LogP contribution in [0.4, 0.5) is 0 Å². The first-order valence-electron chi connectivity index (χ1n) is 6.31. The second-order valence-corrected chi connectivity index (χ2v) is 4.76. The molecule has 2 rings (SSSR count). The van der Waals surface area contributed by atoms with Crippen LogP contribution in [0.5, 0.6) is 11.5 Å². The van der Waals surface area contributed by atoms with Crippen LogP contribution in [0.15, 0.2) is 18.2 Å². The van der Waals surface area contributed by atoms with Crippen molar-refractivity contribution in [1.82, 2.24) is 4.90 Å². The zero-order chi connectivity index (χ0) is 14.0. The van der Waals surface area contributed by atoms with Crippen LogP contribution in [0.2, 0.25) is 0 Å². The number of piperidine rings is 1. The Balaban J connectivity index is 2.45. The number of likely N-dealkylation sites (N-methyl/N-ethyl adjacent to an activating group) is 1. The molecule has 0 aliphatic carbocycles. The first-order chi connectivity index (χ1) is 9.08. The number of carbonyl (C=O) groups excluding carboxylic acids is 1. The van der Waals surface area contributed by atoms with E-state index in [0.717, 1.165) is 17.1 Å². The van der Waals surface area contributed by atoms with E-state index in [-0.39, 0.29) is 18.0 Å². The van der Waals surface area contributed by atoms with E-state index in [0.29, 0.717) is 12.8 Å². The Labute approximate surface area is 113 Å². The van der Waals surface area contributed by atoms with Gasteiger partial charge in [0.05, 0.1) is 20.3 Å². The van der Waals surface area contributed by atoms with Gasteiger partial charge in [0.15, 0.2) is 0 Å². The van der Waals surface area contributed by atoms with Crippen molar-refractivity contribution in [3.05, 3.63) is 23.8 Å². The quantitative estimate of drug-likeness (QED) is 0.894. The third-order valence-electron chi connectivity index (χ3n) is 3.66. The van der Waals surface area contributed by atoms with Crippen molar-refractivity contribution in [2.24, 2.45) is 5.73 Å². The second kappa shape index (κ2) is 5.48. The van der Waals surface area contributed by atoms with E-state index in [2.05, 4.69) is 0 Å². The largest absolute Gasteiger partial charge is 0.497 e. The van der Waals surface area contributed by atoms with Crippen molar-refractivity contribution in [2.75, 3.05) is 21.3 Å². The van der Waals surface area contributed by atoms with E-state index in [1.807, 2.05) is 18.2 Å². The van der Waals surface area contributed by atoms with Gasteiger partial charge in [-0.1, -0.05) is 0 Å². The SMILES string of the molecule is COc1ccc(OC)c(C2C(N)CCC(=O)N2C)c1. The zero-order valence-corrected chi connectivity index (χ0v) is 11.6. The van der Waals surface area contributed by atoms with Gasteiger partial charge in [-0.15, -0.1) is 0 Å². The first-order valence-corrected chi connectivity index (χ1v) is 6.31. The van der Waals surface area contributed by atoms with Crippen LogP contribution in [0.1, 0.15) is 24.4 Å². The maximum Gasteiger partial charge on any atom is 0.222 e. The molecule has 1 heterocycles. The average molecular weight is 264 g/mol. The number of hydrogen-bond donors (Lipinski definition) is 1. The summed E-state index contributed by atoms with van der Waals surface area (Å²) >= 11 is 0. The number of hydrogen-bond acceptors (Lipinski definition) is 4. The number of ether oxygens (including phenoxy) is 2. The third kappa shape index (κ3) is 2.51. The van der Waals surface area contributed by atoms with Crippen LogP contribution < -0.4 is 15.2 Å². The van der Waals surface area contributed by atoms with Crippen LogP contribution in [-0.2, 0) is 4.79 Å². The van der Waals surface area contributed by atoms with E-state index in [9.17, 15) is 4.79 Å². The van der Waals surface area contributed by atoms with Crippen molar-refractivity contribution in [1.29, 1.82) is 0 Å². The molecule has 2 unspecified atom stereocenters. The van der Waals surface area contributed by atoms with Crippen molar-refractivity contribution in [2.45, 2.75) is 24.9 Å². The summed E-state index contributed by atoms with van der Waals surface area (Å²) in [5, 5.41) is 0. The minimum atomic E-state index is -0.175. The Kier molecular flexibility index (Phi) is 3.95. The molecule has 0 spiro atoms. The van der Waals surface area contributed by atoms with Crippen LogP contribution in [0, 0.1) is 0 Å². The van der Waals surface area contributed by atoms with Gasteiger partial charge in [0, 0.05) is 25.1 Å². The molecule has 0 aromatic heterocycles. The maximum absolute atomic E-state index is 11.9. The summed E-state index contributed by atoms with van der Waals surface area (Å²) in [4.78, 5) is 13.6. The molecule has 1 aliphatic heterocycles. The minimum Gasteiger partial charge on any atom is -0.497 e. The molecule has 0 saturated carbocycles. The van der Waals surface area contributed by atoms with E-state index in [1.165, 1.54) is 0 Å². The van der Waals surface area contributed by atoms with Crippen molar-refractivity contribution >= 4 is 5.91 Å². The van der Waals surface area contributed by atoms with Gasteiger partial charge in [0.25, 0.3) is 0 Å². The lowest BCUT2D eigenvalue weighted by Gasteiger charge is -2.38. The highest BCUT2D eigenvalue weighted by Crippen LogP contribution is 2.37. The summed E-state index contributed by atoms with van der Waals surface area (Å²) in [6.45, 7) is 0. The smallest absolute Gasteiger partial charge is 0.222 e.